The number of amides is 1. The normalized spacial score (nSPS) is 12.9. The second-order valence-corrected chi connectivity index (χ2v) is 4.18. The Kier molecular flexibility index (Phi) is 3.82. The van der Waals surface area contributed by atoms with Crippen LogP contribution in [0, 0.1) is 18.8 Å². The molecule has 0 aliphatic heterocycles. The number of aryl methyl sites for hydroxylation is 1. The van der Waals surface area contributed by atoms with Crippen LogP contribution in [-0.2, 0) is 0 Å². The van der Waals surface area contributed by atoms with Crippen molar-refractivity contribution < 1.29 is 4.79 Å². The summed E-state index contributed by atoms with van der Waals surface area (Å²) < 4.78 is 0. The second-order valence-electron chi connectivity index (χ2n) is 4.18. The molecule has 0 aliphatic carbocycles. The first-order valence-corrected chi connectivity index (χ1v) is 5.18. The van der Waals surface area contributed by atoms with Gasteiger partial charge in [-0.1, -0.05) is 20.8 Å². The van der Waals surface area contributed by atoms with Crippen LogP contribution in [0.1, 0.15) is 37.2 Å². The fourth-order valence-electron chi connectivity index (χ4n) is 1.01. The maximum Gasteiger partial charge on any atom is 0.290 e. The summed E-state index contributed by atoms with van der Waals surface area (Å²) in [5, 5.41) is 9.24. The van der Waals surface area contributed by atoms with E-state index in [1.807, 2.05) is 0 Å². The van der Waals surface area contributed by atoms with Gasteiger partial charge in [0.2, 0.25) is 5.82 Å². The minimum absolute atomic E-state index is 0.212. The molecule has 0 spiro atoms. The van der Waals surface area contributed by atoms with Gasteiger partial charge in [-0.3, -0.25) is 9.89 Å². The molecule has 1 aromatic heterocycles. The van der Waals surface area contributed by atoms with Crippen LogP contribution in [0.3, 0.4) is 0 Å². The van der Waals surface area contributed by atoms with E-state index in [-0.39, 0.29) is 11.7 Å². The molecule has 1 amide bonds. The lowest BCUT2D eigenvalue weighted by molar-refractivity contribution is 0.0935. The molecule has 1 aromatic rings. The average Bonchev–Trinajstić information content (AvgIpc) is 2.60. The second kappa shape index (κ2) is 4.91. The van der Waals surface area contributed by atoms with Crippen LogP contribution in [0.25, 0.3) is 0 Å². The zero-order valence-electron chi connectivity index (χ0n) is 9.66. The van der Waals surface area contributed by atoms with E-state index in [9.17, 15) is 4.79 Å². The molecule has 1 atom stereocenters. The van der Waals surface area contributed by atoms with Crippen LogP contribution in [-0.4, -0.2) is 27.6 Å². The Bertz CT molecular complexity index is 332. The summed E-state index contributed by atoms with van der Waals surface area (Å²) in [5.74, 6) is 1.65. The smallest absolute Gasteiger partial charge is 0.290 e. The van der Waals surface area contributed by atoms with Crippen molar-refractivity contribution in [1.29, 1.82) is 0 Å². The number of carbonyl (C=O) groups excluding carboxylic acids is 1. The summed E-state index contributed by atoms with van der Waals surface area (Å²) in [6.45, 7) is 8.79. The molecule has 5 nitrogen and oxygen atoms in total. The van der Waals surface area contributed by atoms with Gasteiger partial charge in [0.25, 0.3) is 5.91 Å². The van der Waals surface area contributed by atoms with Gasteiger partial charge >= 0.3 is 0 Å². The predicted molar refractivity (Wildman–Crippen MR) is 57.5 cm³/mol. The van der Waals surface area contributed by atoms with E-state index in [4.69, 9.17) is 0 Å². The van der Waals surface area contributed by atoms with Crippen LogP contribution >= 0.6 is 0 Å². The first-order chi connectivity index (χ1) is 7.00. The molecule has 1 heterocycles. The molecule has 2 N–H and O–H groups in total. The summed E-state index contributed by atoms with van der Waals surface area (Å²) in [7, 11) is 0. The maximum atomic E-state index is 11.5. The lowest BCUT2D eigenvalue weighted by atomic mass is 9.98. The summed E-state index contributed by atoms with van der Waals surface area (Å²) in [6, 6.07) is 0. The predicted octanol–water partition coefficient (Wildman–Crippen LogP) is 1.14. The van der Waals surface area contributed by atoms with E-state index in [1.54, 1.807) is 6.92 Å². The largest absolute Gasteiger partial charge is 0.349 e. The van der Waals surface area contributed by atoms with E-state index in [0.29, 0.717) is 24.2 Å². The van der Waals surface area contributed by atoms with Gasteiger partial charge in [0.1, 0.15) is 5.82 Å². The Balaban J connectivity index is 2.43. The van der Waals surface area contributed by atoms with E-state index in [1.165, 1.54) is 0 Å². The number of aromatic nitrogens is 3. The first kappa shape index (κ1) is 11.7. The maximum absolute atomic E-state index is 11.5. The Morgan fingerprint density at radius 2 is 2.13 bits per heavy atom. The van der Waals surface area contributed by atoms with Crippen molar-refractivity contribution in [2.24, 2.45) is 11.8 Å². The minimum Gasteiger partial charge on any atom is -0.349 e. The highest BCUT2D eigenvalue weighted by molar-refractivity contribution is 5.90. The SMILES string of the molecule is Cc1nc(C(=O)NCC(C)C(C)C)n[nH]1. The molecule has 0 bridgehead atoms. The Morgan fingerprint density at radius 1 is 1.47 bits per heavy atom. The van der Waals surface area contributed by atoms with Crippen molar-refractivity contribution in [3.8, 4) is 0 Å². The summed E-state index contributed by atoms with van der Waals surface area (Å²) >= 11 is 0. The van der Waals surface area contributed by atoms with Gasteiger partial charge in [0.05, 0.1) is 0 Å². The third-order valence-corrected chi connectivity index (χ3v) is 2.52. The van der Waals surface area contributed by atoms with Crippen molar-refractivity contribution in [1.82, 2.24) is 20.5 Å². The molecular weight excluding hydrogens is 192 g/mol. The van der Waals surface area contributed by atoms with Gasteiger partial charge in [-0.05, 0) is 18.8 Å². The van der Waals surface area contributed by atoms with Crippen molar-refractivity contribution in [2.45, 2.75) is 27.7 Å². The van der Waals surface area contributed by atoms with Crippen LogP contribution in [0.4, 0.5) is 0 Å². The minimum atomic E-state index is -0.216. The molecule has 0 saturated heterocycles. The molecule has 0 aromatic carbocycles. The third kappa shape index (κ3) is 3.34. The molecule has 0 radical (unpaired) electrons. The third-order valence-electron chi connectivity index (χ3n) is 2.52. The fraction of sp³-hybridized carbons (Fsp3) is 0.700. The van der Waals surface area contributed by atoms with Crippen LogP contribution in [0.5, 0.6) is 0 Å². The molecule has 1 rings (SSSR count). The summed E-state index contributed by atoms with van der Waals surface area (Å²) in [5.41, 5.74) is 0. The van der Waals surface area contributed by atoms with E-state index >= 15 is 0 Å². The van der Waals surface area contributed by atoms with Crippen LogP contribution < -0.4 is 5.32 Å². The summed E-state index contributed by atoms with van der Waals surface area (Å²) in [6.07, 6.45) is 0. The number of carbonyl (C=O) groups is 1. The highest BCUT2D eigenvalue weighted by Gasteiger charge is 2.13. The zero-order chi connectivity index (χ0) is 11.4. The quantitative estimate of drug-likeness (QED) is 0.782. The lowest BCUT2D eigenvalue weighted by Gasteiger charge is -2.15. The summed E-state index contributed by atoms with van der Waals surface area (Å²) in [4.78, 5) is 15.5. The number of hydrogen-bond donors (Lipinski definition) is 2. The molecule has 15 heavy (non-hydrogen) atoms. The van der Waals surface area contributed by atoms with E-state index < -0.39 is 0 Å². The molecule has 0 saturated carbocycles. The highest BCUT2D eigenvalue weighted by atomic mass is 16.2. The number of H-pyrrole nitrogens is 1. The Labute approximate surface area is 89.7 Å². The number of aromatic amines is 1. The number of hydrogen-bond acceptors (Lipinski definition) is 3. The monoisotopic (exact) mass is 210 g/mol. The zero-order valence-corrected chi connectivity index (χ0v) is 9.66. The van der Waals surface area contributed by atoms with E-state index in [0.717, 1.165) is 0 Å². The van der Waals surface area contributed by atoms with Crippen molar-refractivity contribution in [2.75, 3.05) is 6.54 Å². The van der Waals surface area contributed by atoms with Crippen molar-refractivity contribution in [3.63, 3.8) is 0 Å². The van der Waals surface area contributed by atoms with Crippen LogP contribution in [0.15, 0.2) is 0 Å². The van der Waals surface area contributed by atoms with Gasteiger partial charge in [-0.25, -0.2) is 4.98 Å². The lowest BCUT2D eigenvalue weighted by Crippen LogP contribution is -2.30. The van der Waals surface area contributed by atoms with Gasteiger partial charge in [-0.2, -0.15) is 0 Å². The van der Waals surface area contributed by atoms with Gasteiger partial charge in [0, 0.05) is 6.54 Å². The highest BCUT2D eigenvalue weighted by Crippen LogP contribution is 2.07. The number of nitrogens with one attached hydrogen (secondary N) is 2. The van der Waals surface area contributed by atoms with Gasteiger partial charge in [-0.15, -0.1) is 5.10 Å². The molecule has 1 unspecified atom stereocenters. The Morgan fingerprint density at radius 3 is 2.60 bits per heavy atom. The van der Waals surface area contributed by atoms with Crippen LogP contribution in [0.2, 0.25) is 0 Å². The molecular formula is C10H18N4O. The van der Waals surface area contributed by atoms with Gasteiger partial charge < -0.3 is 5.32 Å². The first-order valence-electron chi connectivity index (χ1n) is 5.18. The standard InChI is InChI=1S/C10H18N4O/c1-6(2)7(3)5-11-10(15)9-12-8(4)13-14-9/h6-7H,5H2,1-4H3,(H,11,15)(H,12,13,14). The Hall–Kier alpha value is -1.39. The molecule has 5 heteroatoms. The molecule has 0 fully saturated rings. The number of nitrogens with zero attached hydrogens (tertiary/aromatic N) is 2. The van der Waals surface area contributed by atoms with Crippen molar-refractivity contribution in [3.05, 3.63) is 11.6 Å². The van der Waals surface area contributed by atoms with Gasteiger partial charge in [0.15, 0.2) is 0 Å². The fourth-order valence-corrected chi connectivity index (χ4v) is 1.01. The average molecular weight is 210 g/mol. The molecule has 84 valence electrons. The molecule has 0 aliphatic rings. The van der Waals surface area contributed by atoms with Crippen molar-refractivity contribution >= 4 is 5.91 Å². The van der Waals surface area contributed by atoms with E-state index in [2.05, 4.69) is 41.3 Å². The number of rotatable bonds is 4. The topological polar surface area (TPSA) is 70.7 Å².